The molecule has 1 amide bonds. The van der Waals surface area contributed by atoms with Crippen molar-refractivity contribution in [3.63, 3.8) is 0 Å². The van der Waals surface area contributed by atoms with Crippen molar-refractivity contribution in [3.05, 3.63) is 48.0 Å². The quantitative estimate of drug-likeness (QED) is 0.120. The van der Waals surface area contributed by atoms with Gasteiger partial charge in [-0.3, -0.25) is 0 Å². The third-order valence-corrected chi connectivity index (χ3v) is 7.58. The lowest BCUT2D eigenvalue weighted by Gasteiger charge is -2.22. The van der Waals surface area contributed by atoms with Crippen molar-refractivity contribution in [2.24, 2.45) is 0 Å². The minimum atomic E-state index is -0.208. The fraction of sp³-hybridized carbons (Fsp3) is 0.559. The second-order valence-corrected chi connectivity index (χ2v) is 10.6. The number of benzene rings is 3. The minimum absolute atomic E-state index is 0.208. The van der Waals surface area contributed by atoms with Crippen LogP contribution in [0.2, 0.25) is 0 Å². The summed E-state index contributed by atoms with van der Waals surface area (Å²) in [5.74, 6) is 1.64. The van der Waals surface area contributed by atoms with E-state index in [0.717, 1.165) is 64.5 Å². The van der Waals surface area contributed by atoms with Crippen LogP contribution in [-0.2, 0) is 11.3 Å². The van der Waals surface area contributed by atoms with E-state index in [2.05, 4.69) is 19.9 Å². The summed E-state index contributed by atoms with van der Waals surface area (Å²) in [4.78, 5) is 15.1. The predicted molar refractivity (Wildman–Crippen MR) is 163 cm³/mol. The topological polar surface area (TPSA) is 48.0 Å². The van der Waals surface area contributed by atoms with E-state index in [1.165, 1.54) is 64.2 Å². The number of unbranched alkanes of at least 4 members (excludes halogenated alkanes) is 10. The first-order valence-electron chi connectivity index (χ1n) is 15.1. The van der Waals surface area contributed by atoms with Crippen molar-refractivity contribution >= 4 is 27.6 Å². The van der Waals surface area contributed by atoms with Crippen molar-refractivity contribution in [2.75, 3.05) is 27.3 Å². The molecule has 0 heterocycles. The fourth-order valence-electron chi connectivity index (χ4n) is 5.37. The summed E-state index contributed by atoms with van der Waals surface area (Å²) < 4.78 is 17.5. The van der Waals surface area contributed by atoms with Crippen LogP contribution >= 0.6 is 0 Å². The number of hydrogen-bond acceptors (Lipinski definition) is 4. The van der Waals surface area contributed by atoms with Crippen LogP contribution in [0.5, 0.6) is 11.5 Å². The Bertz CT molecular complexity index is 1140. The van der Waals surface area contributed by atoms with Gasteiger partial charge in [-0.2, -0.15) is 0 Å². The largest absolute Gasteiger partial charge is 0.495 e. The highest BCUT2D eigenvalue weighted by Crippen LogP contribution is 2.42. The first-order chi connectivity index (χ1) is 19.1. The predicted octanol–water partition coefficient (Wildman–Crippen LogP) is 9.67. The summed E-state index contributed by atoms with van der Waals surface area (Å²) in [5, 5.41) is 3.96. The summed E-state index contributed by atoms with van der Waals surface area (Å²) in [7, 11) is 3.40. The number of carbonyl (C=O) groups is 1. The van der Waals surface area contributed by atoms with Crippen LogP contribution in [0.3, 0.4) is 0 Å². The first kappa shape index (κ1) is 30.6. The zero-order valence-electron chi connectivity index (χ0n) is 24.7. The van der Waals surface area contributed by atoms with Gasteiger partial charge in [-0.15, -0.1) is 0 Å². The standard InChI is InChI=1S/C34H49NO4/c1-5-7-9-11-13-17-23-35(24-18-14-12-10-8-6-2)34(36)39-26-27-21-22-30-31(25-27)33(38-4)29-20-16-15-19-28(29)32(30)37-3/h15-16,19-22,25H,5-14,17-18,23-24,26H2,1-4H3. The highest BCUT2D eigenvalue weighted by Gasteiger charge is 2.17. The SMILES string of the molecule is CCCCCCCCN(CCCCCCCC)C(=O)OCc1ccc2c(OC)c3ccccc3c(OC)c2c1. The highest BCUT2D eigenvalue weighted by molar-refractivity contribution is 6.11. The Labute approximate surface area is 235 Å². The summed E-state index contributed by atoms with van der Waals surface area (Å²) in [6, 6.07) is 14.2. The molecule has 0 radical (unpaired) electrons. The monoisotopic (exact) mass is 535 g/mol. The molecule has 0 bridgehead atoms. The Morgan fingerprint density at radius 1 is 0.641 bits per heavy atom. The molecule has 214 valence electrons. The van der Waals surface area contributed by atoms with Crippen LogP contribution < -0.4 is 9.47 Å². The Balaban J connectivity index is 1.68. The van der Waals surface area contributed by atoms with E-state index in [0.29, 0.717) is 0 Å². The number of rotatable bonds is 18. The van der Waals surface area contributed by atoms with Crippen molar-refractivity contribution in [1.82, 2.24) is 4.90 Å². The van der Waals surface area contributed by atoms with E-state index in [4.69, 9.17) is 14.2 Å². The van der Waals surface area contributed by atoms with E-state index in [1.807, 2.05) is 41.3 Å². The van der Waals surface area contributed by atoms with E-state index in [9.17, 15) is 4.79 Å². The smallest absolute Gasteiger partial charge is 0.410 e. The van der Waals surface area contributed by atoms with E-state index >= 15 is 0 Å². The number of amides is 1. The number of hydrogen-bond donors (Lipinski definition) is 0. The van der Waals surface area contributed by atoms with E-state index in [1.54, 1.807) is 14.2 Å². The number of methoxy groups -OCH3 is 2. The molecular weight excluding hydrogens is 486 g/mol. The summed E-state index contributed by atoms with van der Waals surface area (Å²) in [6.07, 6.45) is 14.3. The number of ether oxygens (including phenoxy) is 3. The maximum absolute atomic E-state index is 13.2. The van der Waals surface area contributed by atoms with Gasteiger partial charge in [-0.25, -0.2) is 4.79 Å². The summed E-state index contributed by atoms with van der Waals surface area (Å²) in [6.45, 7) is 6.25. The lowest BCUT2D eigenvalue weighted by molar-refractivity contribution is 0.0947. The van der Waals surface area contributed by atoms with Crippen LogP contribution in [0.1, 0.15) is 96.5 Å². The third-order valence-electron chi connectivity index (χ3n) is 7.58. The molecular formula is C34H49NO4. The van der Waals surface area contributed by atoms with Crippen LogP contribution in [0.25, 0.3) is 21.5 Å². The van der Waals surface area contributed by atoms with Crippen LogP contribution in [-0.4, -0.2) is 38.3 Å². The molecule has 39 heavy (non-hydrogen) atoms. The molecule has 3 aromatic carbocycles. The Morgan fingerprint density at radius 3 is 1.67 bits per heavy atom. The van der Waals surface area contributed by atoms with Crippen LogP contribution in [0, 0.1) is 0 Å². The fourth-order valence-corrected chi connectivity index (χ4v) is 5.37. The molecule has 5 nitrogen and oxygen atoms in total. The average Bonchev–Trinajstić information content (AvgIpc) is 2.96. The van der Waals surface area contributed by atoms with Crippen molar-refractivity contribution in [3.8, 4) is 11.5 Å². The molecule has 5 heteroatoms. The van der Waals surface area contributed by atoms with Gasteiger partial charge >= 0.3 is 6.09 Å². The summed E-state index contributed by atoms with van der Waals surface area (Å²) in [5.41, 5.74) is 0.936. The van der Waals surface area contributed by atoms with Crippen LogP contribution in [0.4, 0.5) is 4.79 Å². The van der Waals surface area contributed by atoms with Gasteiger partial charge in [-0.1, -0.05) is 114 Å². The molecule has 3 rings (SSSR count). The number of fused-ring (bicyclic) bond motifs is 2. The lowest BCUT2D eigenvalue weighted by atomic mass is 9.99. The van der Waals surface area contributed by atoms with Gasteiger partial charge in [0.2, 0.25) is 0 Å². The average molecular weight is 536 g/mol. The normalized spacial score (nSPS) is 11.2. The maximum atomic E-state index is 13.2. The molecule has 0 fully saturated rings. The molecule has 0 unspecified atom stereocenters. The Kier molecular flexibility index (Phi) is 13.2. The van der Waals surface area contributed by atoms with Gasteiger partial charge in [0.15, 0.2) is 0 Å². The molecule has 0 N–H and O–H groups in total. The molecule has 0 aliphatic carbocycles. The first-order valence-corrected chi connectivity index (χ1v) is 15.1. The maximum Gasteiger partial charge on any atom is 0.410 e. The second kappa shape index (κ2) is 16.9. The Hall–Kier alpha value is -2.95. The molecule has 0 aromatic heterocycles. The zero-order chi connectivity index (χ0) is 27.9. The molecule has 0 saturated carbocycles. The second-order valence-electron chi connectivity index (χ2n) is 10.6. The molecule has 0 aliphatic heterocycles. The van der Waals surface area contributed by atoms with Gasteiger partial charge in [0.1, 0.15) is 18.1 Å². The third kappa shape index (κ3) is 8.78. The molecule has 0 saturated heterocycles. The minimum Gasteiger partial charge on any atom is -0.495 e. The van der Waals surface area contributed by atoms with E-state index < -0.39 is 0 Å². The zero-order valence-corrected chi connectivity index (χ0v) is 24.7. The molecule has 3 aromatic rings. The van der Waals surface area contributed by atoms with Gasteiger partial charge in [0, 0.05) is 34.6 Å². The lowest BCUT2D eigenvalue weighted by Crippen LogP contribution is -2.33. The van der Waals surface area contributed by atoms with Crippen molar-refractivity contribution < 1.29 is 19.0 Å². The number of carbonyl (C=O) groups excluding carboxylic acids is 1. The van der Waals surface area contributed by atoms with Gasteiger partial charge in [0.05, 0.1) is 14.2 Å². The van der Waals surface area contributed by atoms with Gasteiger partial charge in [0.25, 0.3) is 0 Å². The van der Waals surface area contributed by atoms with Crippen molar-refractivity contribution in [2.45, 2.75) is 97.5 Å². The molecule has 0 atom stereocenters. The van der Waals surface area contributed by atoms with E-state index in [-0.39, 0.29) is 12.7 Å². The van der Waals surface area contributed by atoms with Crippen molar-refractivity contribution in [1.29, 1.82) is 0 Å². The number of nitrogens with zero attached hydrogens (tertiary/aromatic N) is 1. The summed E-state index contributed by atoms with van der Waals surface area (Å²) >= 11 is 0. The van der Waals surface area contributed by atoms with Gasteiger partial charge < -0.3 is 19.1 Å². The molecule has 0 aliphatic rings. The Morgan fingerprint density at radius 2 is 1.13 bits per heavy atom. The van der Waals surface area contributed by atoms with Gasteiger partial charge in [-0.05, 0) is 24.5 Å². The van der Waals surface area contributed by atoms with Crippen LogP contribution in [0.15, 0.2) is 42.5 Å². The molecule has 0 spiro atoms. The highest BCUT2D eigenvalue weighted by atomic mass is 16.6.